The third kappa shape index (κ3) is 1.44. The summed E-state index contributed by atoms with van der Waals surface area (Å²) in [5.41, 5.74) is 0.143. The first-order valence-electron chi connectivity index (χ1n) is 3.80. The van der Waals surface area contributed by atoms with Crippen LogP contribution in [0.25, 0.3) is 0 Å². The lowest BCUT2D eigenvalue weighted by Gasteiger charge is -2.09. The summed E-state index contributed by atoms with van der Waals surface area (Å²) >= 11 is 0. The number of carboxylic acids is 1. The van der Waals surface area contributed by atoms with Crippen LogP contribution in [0.3, 0.4) is 0 Å². The number of rotatable bonds is 3. The van der Waals surface area contributed by atoms with Crippen molar-refractivity contribution in [1.82, 2.24) is 15.0 Å². The van der Waals surface area contributed by atoms with Crippen LogP contribution < -0.4 is 0 Å². The molecule has 1 rings (SSSR count). The van der Waals surface area contributed by atoms with Crippen LogP contribution in [-0.2, 0) is 0 Å². The Bertz CT molecular complexity index is 282. The zero-order valence-electron chi connectivity index (χ0n) is 7.06. The summed E-state index contributed by atoms with van der Waals surface area (Å²) in [6, 6.07) is 0.0820. The molecule has 1 N–H and O–H groups in total. The number of aromatic carboxylic acids is 1. The predicted octanol–water partition coefficient (Wildman–Crippen LogP) is 0.947. The first kappa shape index (κ1) is 8.70. The quantitative estimate of drug-likeness (QED) is 0.731. The molecule has 0 aromatic carbocycles. The van der Waals surface area contributed by atoms with Crippen LogP contribution in [0.4, 0.5) is 0 Å². The first-order chi connectivity index (χ1) is 5.66. The highest BCUT2D eigenvalue weighted by atomic mass is 16.4. The molecule has 0 aliphatic rings. The van der Waals surface area contributed by atoms with E-state index in [2.05, 4.69) is 10.3 Å². The molecule has 0 aliphatic heterocycles. The third-order valence-electron chi connectivity index (χ3n) is 1.80. The SMILES string of the molecule is CCC(C)n1nncc1C(=O)O. The summed E-state index contributed by atoms with van der Waals surface area (Å²) in [4.78, 5) is 10.6. The van der Waals surface area contributed by atoms with E-state index in [1.807, 2.05) is 13.8 Å². The summed E-state index contributed by atoms with van der Waals surface area (Å²) < 4.78 is 1.42. The molecule has 1 aromatic rings. The van der Waals surface area contributed by atoms with Crippen molar-refractivity contribution in [2.75, 3.05) is 0 Å². The van der Waals surface area contributed by atoms with Gasteiger partial charge >= 0.3 is 5.97 Å². The zero-order valence-corrected chi connectivity index (χ0v) is 7.06. The van der Waals surface area contributed by atoms with E-state index < -0.39 is 5.97 Å². The Morgan fingerprint density at radius 3 is 3.00 bits per heavy atom. The minimum Gasteiger partial charge on any atom is -0.476 e. The lowest BCUT2D eigenvalue weighted by Crippen LogP contribution is -2.13. The molecule has 0 fully saturated rings. The van der Waals surface area contributed by atoms with Crippen molar-refractivity contribution in [1.29, 1.82) is 0 Å². The Balaban J connectivity index is 2.98. The maximum atomic E-state index is 10.6. The molecule has 0 radical (unpaired) electrons. The summed E-state index contributed by atoms with van der Waals surface area (Å²) in [5, 5.41) is 15.9. The molecule has 0 spiro atoms. The molecular weight excluding hydrogens is 158 g/mol. The highest BCUT2D eigenvalue weighted by molar-refractivity contribution is 5.85. The van der Waals surface area contributed by atoms with Gasteiger partial charge in [-0.15, -0.1) is 5.10 Å². The number of nitrogens with zero attached hydrogens (tertiary/aromatic N) is 3. The molecule has 0 amide bonds. The standard InChI is InChI=1S/C7H11N3O2/c1-3-5(2)10-6(7(11)12)4-8-9-10/h4-5H,3H2,1-2H3,(H,11,12). The Kier molecular flexibility index (Phi) is 2.42. The second-order valence-electron chi connectivity index (χ2n) is 2.63. The van der Waals surface area contributed by atoms with Crippen LogP contribution in [0.5, 0.6) is 0 Å². The third-order valence-corrected chi connectivity index (χ3v) is 1.80. The van der Waals surface area contributed by atoms with E-state index in [0.29, 0.717) is 0 Å². The first-order valence-corrected chi connectivity index (χ1v) is 3.80. The fraction of sp³-hybridized carbons (Fsp3) is 0.571. The van der Waals surface area contributed by atoms with Crippen LogP contribution in [0.1, 0.15) is 36.8 Å². The lowest BCUT2D eigenvalue weighted by atomic mass is 10.2. The molecule has 0 saturated carbocycles. The molecular formula is C7H11N3O2. The second kappa shape index (κ2) is 3.34. The minimum atomic E-state index is -0.986. The Morgan fingerprint density at radius 1 is 1.83 bits per heavy atom. The van der Waals surface area contributed by atoms with Crippen molar-refractivity contribution in [3.8, 4) is 0 Å². The largest absolute Gasteiger partial charge is 0.476 e. The van der Waals surface area contributed by atoms with E-state index in [4.69, 9.17) is 5.11 Å². The normalized spacial score (nSPS) is 12.8. The molecule has 0 saturated heterocycles. The van der Waals surface area contributed by atoms with Crippen LogP contribution in [-0.4, -0.2) is 26.1 Å². The summed E-state index contributed by atoms with van der Waals surface area (Å²) in [7, 11) is 0. The Labute approximate surface area is 70.0 Å². The highest BCUT2D eigenvalue weighted by Crippen LogP contribution is 2.10. The molecule has 1 heterocycles. The second-order valence-corrected chi connectivity index (χ2v) is 2.63. The summed E-state index contributed by atoms with van der Waals surface area (Å²) in [6.45, 7) is 3.87. The van der Waals surface area contributed by atoms with Crippen LogP contribution in [0.15, 0.2) is 6.20 Å². The van der Waals surface area contributed by atoms with Crippen LogP contribution in [0.2, 0.25) is 0 Å². The van der Waals surface area contributed by atoms with Gasteiger partial charge in [-0.2, -0.15) is 0 Å². The van der Waals surface area contributed by atoms with Crippen molar-refractivity contribution < 1.29 is 9.90 Å². The maximum absolute atomic E-state index is 10.6. The van der Waals surface area contributed by atoms with E-state index in [9.17, 15) is 4.79 Å². The number of aromatic nitrogens is 3. The molecule has 5 nitrogen and oxygen atoms in total. The number of carbonyl (C=O) groups is 1. The lowest BCUT2D eigenvalue weighted by molar-refractivity contribution is 0.0680. The van der Waals surface area contributed by atoms with Crippen LogP contribution in [0, 0.1) is 0 Å². The van der Waals surface area contributed by atoms with Gasteiger partial charge in [-0.1, -0.05) is 12.1 Å². The minimum absolute atomic E-state index is 0.0820. The molecule has 1 aromatic heterocycles. The number of hydrogen-bond donors (Lipinski definition) is 1. The molecule has 66 valence electrons. The Morgan fingerprint density at radius 2 is 2.50 bits per heavy atom. The summed E-state index contributed by atoms with van der Waals surface area (Å²) in [5.74, 6) is -0.986. The summed E-state index contributed by atoms with van der Waals surface area (Å²) in [6.07, 6.45) is 2.10. The molecule has 1 unspecified atom stereocenters. The van der Waals surface area contributed by atoms with Gasteiger partial charge in [0.25, 0.3) is 0 Å². The van der Waals surface area contributed by atoms with Gasteiger partial charge in [-0.05, 0) is 13.3 Å². The molecule has 0 bridgehead atoms. The van der Waals surface area contributed by atoms with Crippen molar-refractivity contribution in [2.24, 2.45) is 0 Å². The highest BCUT2D eigenvalue weighted by Gasteiger charge is 2.14. The van der Waals surface area contributed by atoms with Gasteiger partial charge < -0.3 is 5.11 Å². The van der Waals surface area contributed by atoms with Crippen molar-refractivity contribution in [2.45, 2.75) is 26.3 Å². The van der Waals surface area contributed by atoms with E-state index in [-0.39, 0.29) is 11.7 Å². The van der Waals surface area contributed by atoms with Crippen molar-refractivity contribution in [3.05, 3.63) is 11.9 Å². The van der Waals surface area contributed by atoms with E-state index in [1.165, 1.54) is 10.9 Å². The van der Waals surface area contributed by atoms with Gasteiger partial charge in [-0.3, -0.25) is 0 Å². The van der Waals surface area contributed by atoms with Gasteiger partial charge in [0.1, 0.15) is 0 Å². The average molecular weight is 169 g/mol. The average Bonchev–Trinajstić information content (AvgIpc) is 2.50. The van der Waals surface area contributed by atoms with Crippen LogP contribution >= 0.6 is 0 Å². The fourth-order valence-electron chi connectivity index (χ4n) is 0.895. The predicted molar refractivity (Wildman–Crippen MR) is 42.0 cm³/mol. The molecule has 0 aliphatic carbocycles. The molecule has 12 heavy (non-hydrogen) atoms. The van der Waals surface area contributed by atoms with Gasteiger partial charge in [0, 0.05) is 0 Å². The van der Waals surface area contributed by atoms with Gasteiger partial charge in [0.2, 0.25) is 0 Å². The zero-order chi connectivity index (χ0) is 9.14. The molecule has 5 heteroatoms. The number of carboxylic acid groups (broad SMARTS) is 1. The van der Waals surface area contributed by atoms with Gasteiger partial charge in [-0.25, -0.2) is 9.48 Å². The topological polar surface area (TPSA) is 68.0 Å². The molecule has 1 atom stereocenters. The number of hydrogen-bond acceptors (Lipinski definition) is 3. The van der Waals surface area contributed by atoms with Crippen molar-refractivity contribution >= 4 is 5.97 Å². The monoisotopic (exact) mass is 169 g/mol. The van der Waals surface area contributed by atoms with E-state index in [0.717, 1.165) is 6.42 Å². The Hall–Kier alpha value is -1.39. The van der Waals surface area contributed by atoms with Gasteiger partial charge in [0.15, 0.2) is 5.69 Å². The smallest absolute Gasteiger partial charge is 0.355 e. The maximum Gasteiger partial charge on any atom is 0.355 e. The van der Waals surface area contributed by atoms with Gasteiger partial charge in [0.05, 0.1) is 12.2 Å². The van der Waals surface area contributed by atoms with E-state index in [1.54, 1.807) is 0 Å². The fourth-order valence-corrected chi connectivity index (χ4v) is 0.895. The van der Waals surface area contributed by atoms with Crippen molar-refractivity contribution in [3.63, 3.8) is 0 Å². The van der Waals surface area contributed by atoms with E-state index >= 15 is 0 Å².